The lowest BCUT2D eigenvalue weighted by atomic mass is 9.91. The summed E-state index contributed by atoms with van der Waals surface area (Å²) in [6.45, 7) is 13.1. The Morgan fingerprint density at radius 1 is 1.45 bits per heavy atom. The summed E-state index contributed by atoms with van der Waals surface area (Å²) in [6.07, 6.45) is 2.91. The van der Waals surface area contributed by atoms with Crippen molar-refractivity contribution in [3.8, 4) is 0 Å². The van der Waals surface area contributed by atoms with E-state index in [-0.39, 0.29) is 11.2 Å². The van der Waals surface area contributed by atoms with E-state index in [0.29, 0.717) is 12.0 Å². The van der Waals surface area contributed by atoms with E-state index in [1.807, 2.05) is 6.20 Å². The molecule has 20 heavy (non-hydrogen) atoms. The van der Waals surface area contributed by atoms with Crippen LogP contribution in [0, 0.1) is 5.92 Å². The van der Waals surface area contributed by atoms with Gasteiger partial charge in [0.1, 0.15) is 0 Å². The number of carboxylic acids is 1. The number of aliphatic carboxylic acids is 1. The van der Waals surface area contributed by atoms with Crippen molar-refractivity contribution in [1.82, 2.24) is 9.55 Å². The van der Waals surface area contributed by atoms with Gasteiger partial charge in [-0.05, 0) is 12.3 Å². The number of carboxylic acid groups (broad SMARTS) is 1. The fraction of sp³-hybridized carbons (Fsp3) is 0.733. The number of hydrogen-bond donors (Lipinski definition) is 1. The molecule has 0 bridgehead atoms. The van der Waals surface area contributed by atoms with Crippen LogP contribution in [0.25, 0.3) is 0 Å². The monoisotopic (exact) mass is 298 g/mol. The van der Waals surface area contributed by atoms with Crippen molar-refractivity contribution in [3.05, 3.63) is 11.9 Å². The molecule has 0 aliphatic heterocycles. The first-order valence-electron chi connectivity index (χ1n) is 7.10. The molecule has 1 rings (SSSR count). The van der Waals surface area contributed by atoms with Gasteiger partial charge in [0.25, 0.3) is 0 Å². The molecule has 0 saturated carbocycles. The smallest absolute Gasteiger partial charge is 0.313 e. The average Bonchev–Trinajstić information content (AvgIpc) is 2.70. The Bertz CT molecular complexity index is 461. The lowest BCUT2D eigenvalue weighted by Crippen LogP contribution is -2.24. The maximum Gasteiger partial charge on any atom is 0.313 e. The zero-order valence-corrected chi connectivity index (χ0v) is 14.1. The zero-order chi connectivity index (χ0) is 15.5. The Morgan fingerprint density at radius 3 is 2.45 bits per heavy atom. The minimum atomic E-state index is -0.806. The number of nitrogens with zero attached hydrogens (tertiary/aromatic N) is 2. The largest absolute Gasteiger partial charge is 0.481 e. The maximum absolute atomic E-state index is 10.8. The number of rotatable bonds is 6. The van der Waals surface area contributed by atoms with Crippen molar-refractivity contribution < 1.29 is 9.90 Å². The number of carbonyl (C=O) groups is 1. The third kappa shape index (κ3) is 4.01. The molecule has 0 radical (unpaired) electrons. The second-order valence-corrected chi connectivity index (χ2v) is 7.39. The first kappa shape index (κ1) is 17.1. The highest BCUT2D eigenvalue weighted by Crippen LogP contribution is 2.34. The highest BCUT2D eigenvalue weighted by atomic mass is 32.2. The molecule has 0 amide bonds. The molecule has 1 atom stereocenters. The zero-order valence-electron chi connectivity index (χ0n) is 13.3. The van der Waals surface area contributed by atoms with Crippen LogP contribution in [-0.2, 0) is 10.2 Å². The van der Waals surface area contributed by atoms with E-state index in [2.05, 4.69) is 51.1 Å². The van der Waals surface area contributed by atoms with Gasteiger partial charge in [0, 0.05) is 23.3 Å². The number of thioether (sulfide) groups is 1. The molecule has 1 heterocycles. The first-order valence-corrected chi connectivity index (χ1v) is 8.09. The molecule has 0 saturated heterocycles. The van der Waals surface area contributed by atoms with Gasteiger partial charge >= 0.3 is 5.97 Å². The summed E-state index contributed by atoms with van der Waals surface area (Å²) >= 11 is 1.31. The molecule has 5 heteroatoms. The summed E-state index contributed by atoms with van der Waals surface area (Å²) in [5.74, 6) is -0.270. The lowest BCUT2D eigenvalue weighted by Gasteiger charge is -2.29. The van der Waals surface area contributed by atoms with Crippen LogP contribution in [0.4, 0.5) is 0 Å². The van der Waals surface area contributed by atoms with Crippen LogP contribution < -0.4 is 0 Å². The van der Waals surface area contributed by atoms with Gasteiger partial charge in [-0.2, -0.15) is 0 Å². The van der Waals surface area contributed by atoms with E-state index in [4.69, 9.17) is 5.11 Å². The molecule has 1 N–H and O–H groups in total. The molecular formula is C15H26N2O2S. The van der Waals surface area contributed by atoms with Crippen molar-refractivity contribution >= 4 is 17.7 Å². The van der Waals surface area contributed by atoms with Crippen LogP contribution in [-0.4, -0.2) is 26.4 Å². The summed E-state index contributed by atoms with van der Waals surface area (Å²) < 4.78 is 2.25. The van der Waals surface area contributed by atoms with Crippen molar-refractivity contribution in [2.75, 3.05) is 5.75 Å². The van der Waals surface area contributed by atoms with Gasteiger partial charge < -0.3 is 9.67 Å². The third-order valence-corrected chi connectivity index (χ3v) is 4.33. The van der Waals surface area contributed by atoms with Gasteiger partial charge in [0.2, 0.25) is 0 Å². The van der Waals surface area contributed by atoms with Crippen molar-refractivity contribution in [2.45, 2.75) is 64.6 Å². The van der Waals surface area contributed by atoms with Gasteiger partial charge in [0.05, 0.1) is 5.75 Å². The second-order valence-electron chi connectivity index (χ2n) is 6.45. The normalized spacial score (nSPS) is 13.8. The molecule has 0 aromatic carbocycles. The maximum atomic E-state index is 10.8. The van der Waals surface area contributed by atoms with Gasteiger partial charge in [-0.25, -0.2) is 4.98 Å². The first-order chi connectivity index (χ1) is 9.18. The van der Waals surface area contributed by atoms with Crippen LogP contribution in [0.1, 0.15) is 59.7 Å². The Kier molecular flexibility index (Phi) is 5.68. The minimum absolute atomic E-state index is 0.00264. The van der Waals surface area contributed by atoms with Crippen molar-refractivity contribution in [2.24, 2.45) is 5.92 Å². The van der Waals surface area contributed by atoms with Crippen LogP contribution >= 0.6 is 11.8 Å². The number of imidazole rings is 1. The molecule has 1 unspecified atom stereocenters. The van der Waals surface area contributed by atoms with Gasteiger partial charge in [-0.15, -0.1) is 0 Å². The van der Waals surface area contributed by atoms with E-state index >= 15 is 0 Å². The number of aromatic nitrogens is 2. The van der Waals surface area contributed by atoms with Gasteiger partial charge in [-0.1, -0.05) is 53.3 Å². The summed E-state index contributed by atoms with van der Waals surface area (Å²) in [5.41, 5.74) is 1.17. The molecule has 0 aliphatic rings. The van der Waals surface area contributed by atoms with Crippen LogP contribution in [0.5, 0.6) is 0 Å². The molecule has 1 aromatic rings. The molecule has 4 nitrogen and oxygen atoms in total. The summed E-state index contributed by atoms with van der Waals surface area (Å²) in [6, 6.07) is 0.350. The van der Waals surface area contributed by atoms with E-state index in [9.17, 15) is 4.79 Å². The van der Waals surface area contributed by atoms with Crippen LogP contribution in [0.2, 0.25) is 0 Å². The SMILES string of the molecule is CCC(C(C)C)n1c(C(C)(C)C)cnc1SCC(=O)O. The fourth-order valence-electron chi connectivity index (χ4n) is 2.40. The van der Waals surface area contributed by atoms with Crippen LogP contribution in [0.3, 0.4) is 0 Å². The number of hydrogen-bond acceptors (Lipinski definition) is 3. The average molecular weight is 298 g/mol. The van der Waals surface area contributed by atoms with Crippen molar-refractivity contribution in [1.29, 1.82) is 0 Å². The highest BCUT2D eigenvalue weighted by Gasteiger charge is 2.27. The minimum Gasteiger partial charge on any atom is -0.481 e. The molecule has 0 spiro atoms. The predicted molar refractivity (Wildman–Crippen MR) is 83.5 cm³/mol. The molecule has 0 aliphatic carbocycles. The van der Waals surface area contributed by atoms with Gasteiger partial charge in [0.15, 0.2) is 5.16 Å². The Morgan fingerprint density at radius 2 is 2.05 bits per heavy atom. The van der Waals surface area contributed by atoms with E-state index in [1.165, 1.54) is 17.5 Å². The second kappa shape index (κ2) is 6.66. The summed E-state index contributed by atoms with van der Waals surface area (Å²) in [4.78, 5) is 15.3. The lowest BCUT2D eigenvalue weighted by molar-refractivity contribution is -0.133. The highest BCUT2D eigenvalue weighted by molar-refractivity contribution is 7.99. The van der Waals surface area contributed by atoms with E-state index in [1.54, 1.807) is 0 Å². The predicted octanol–water partition coefficient (Wildman–Crippen LogP) is 3.96. The quantitative estimate of drug-likeness (QED) is 0.808. The molecule has 114 valence electrons. The van der Waals surface area contributed by atoms with Gasteiger partial charge in [-0.3, -0.25) is 4.79 Å². The molecular weight excluding hydrogens is 272 g/mol. The molecule has 0 fully saturated rings. The van der Waals surface area contributed by atoms with E-state index in [0.717, 1.165) is 11.6 Å². The Balaban J connectivity index is 3.25. The topological polar surface area (TPSA) is 55.1 Å². The Hall–Kier alpha value is -0.970. The third-order valence-electron chi connectivity index (χ3n) is 3.38. The molecule has 1 aromatic heterocycles. The van der Waals surface area contributed by atoms with Crippen LogP contribution in [0.15, 0.2) is 11.4 Å². The fourth-order valence-corrected chi connectivity index (χ4v) is 3.16. The summed E-state index contributed by atoms with van der Waals surface area (Å²) in [7, 11) is 0. The Labute approximate surface area is 126 Å². The van der Waals surface area contributed by atoms with E-state index < -0.39 is 5.97 Å². The standard InChI is InChI=1S/C15H26N2O2S/c1-7-11(10(2)3)17-12(15(4,5)6)8-16-14(17)20-9-13(18)19/h8,10-11H,7,9H2,1-6H3,(H,18,19). The van der Waals surface area contributed by atoms with Crippen molar-refractivity contribution in [3.63, 3.8) is 0 Å². The summed E-state index contributed by atoms with van der Waals surface area (Å²) in [5, 5.41) is 9.70.